The molecule has 0 radical (unpaired) electrons. The van der Waals surface area contributed by atoms with Crippen LogP contribution in [0.5, 0.6) is 0 Å². The standard InChI is InChI=1S/C13H15ClN2O2/c14-11-5-2-1-4-10(11)8-9-15-16-12(17)6-3-7-13(16)18/h1-2,4-5,15H,3,6-9H2. The molecule has 96 valence electrons. The molecule has 1 aliphatic rings. The van der Waals surface area contributed by atoms with Crippen LogP contribution in [0.25, 0.3) is 0 Å². The van der Waals surface area contributed by atoms with Gasteiger partial charge in [-0.1, -0.05) is 29.8 Å². The largest absolute Gasteiger partial charge is 0.273 e. The molecule has 1 fully saturated rings. The van der Waals surface area contributed by atoms with Crippen molar-refractivity contribution in [2.75, 3.05) is 6.54 Å². The lowest BCUT2D eigenvalue weighted by molar-refractivity contribution is -0.151. The Hall–Kier alpha value is -1.39. The quantitative estimate of drug-likeness (QED) is 0.847. The molecular weight excluding hydrogens is 252 g/mol. The van der Waals surface area contributed by atoms with Gasteiger partial charge in [-0.25, -0.2) is 10.4 Å². The molecule has 0 atom stereocenters. The van der Waals surface area contributed by atoms with E-state index in [4.69, 9.17) is 11.6 Å². The number of hydrogen-bond acceptors (Lipinski definition) is 3. The average Bonchev–Trinajstić information content (AvgIpc) is 2.35. The first-order valence-corrected chi connectivity index (χ1v) is 6.39. The molecule has 0 bridgehead atoms. The molecule has 1 heterocycles. The zero-order chi connectivity index (χ0) is 13.0. The van der Waals surface area contributed by atoms with Gasteiger partial charge < -0.3 is 0 Å². The number of carbonyl (C=O) groups is 2. The van der Waals surface area contributed by atoms with Crippen LogP contribution in [-0.4, -0.2) is 23.4 Å². The number of hydrogen-bond donors (Lipinski definition) is 1. The van der Waals surface area contributed by atoms with E-state index in [1.54, 1.807) is 0 Å². The predicted molar refractivity (Wildman–Crippen MR) is 68.9 cm³/mol. The van der Waals surface area contributed by atoms with Crippen LogP contribution < -0.4 is 5.43 Å². The maximum absolute atomic E-state index is 11.5. The fraction of sp³-hybridized carbons (Fsp3) is 0.385. The highest BCUT2D eigenvalue weighted by molar-refractivity contribution is 6.31. The van der Waals surface area contributed by atoms with Crippen LogP contribution in [0.3, 0.4) is 0 Å². The monoisotopic (exact) mass is 266 g/mol. The molecule has 5 heteroatoms. The molecule has 1 N–H and O–H groups in total. The van der Waals surface area contributed by atoms with Gasteiger partial charge in [0.2, 0.25) is 11.8 Å². The van der Waals surface area contributed by atoms with Gasteiger partial charge in [0.25, 0.3) is 0 Å². The summed E-state index contributed by atoms with van der Waals surface area (Å²) in [5, 5.41) is 1.84. The number of nitrogens with zero attached hydrogens (tertiary/aromatic N) is 1. The lowest BCUT2D eigenvalue weighted by atomic mass is 10.1. The molecule has 1 aromatic carbocycles. The van der Waals surface area contributed by atoms with Crippen molar-refractivity contribution in [1.82, 2.24) is 10.4 Å². The van der Waals surface area contributed by atoms with Crippen LogP contribution in [0.15, 0.2) is 24.3 Å². The summed E-state index contributed by atoms with van der Waals surface area (Å²) in [6.45, 7) is 0.515. The van der Waals surface area contributed by atoms with E-state index in [2.05, 4.69) is 5.43 Å². The lowest BCUT2D eigenvalue weighted by Crippen LogP contribution is -2.49. The van der Waals surface area contributed by atoms with Crippen LogP contribution in [0.2, 0.25) is 5.02 Å². The van der Waals surface area contributed by atoms with E-state index in [1.807, 2.05) is 24.3 Å². The molecule has 4 nitrogen and oxygen atoms in total. The van der Waals surface area contributed by atoms with Gasteiger partial charge in [-0.05, 0) is 24.5 Å². The summed E-state index contributed by atoms with van der Waals surface area (Å²) in [5.74, 6) is -0.296. The Kier molecular flexibility index (Phi) is 4.33. The van der Waals surface area contributed by atoms with Crippen LogP contribution in [0.4, 0.5) is 0 Å². The third kappa shape index (κ3) is 3.09. The van der Waals surface area contributed by atoms with Gasteiger partial charge in [-0.3, -0.25) is 9.59 Å². The van der Waals surface area contributed by atoms with Gasteiger partial charge in [-0.2, -0.15) is 0 Å². The number of benzene rings is 1. The molecule has 18 heavy (non-hydrogen) atoms. The van der Waals surface area contributed by atoms with Crippen molar-refractivity contribution in [2.24, 2.45) is 0 Å². The SMILES string of the molecule is O=C1CCCC(=O)N1NCCc1ccccc1Cl. The number of piperidine rings is 1. The number of nitrogens with one attached hydrogen (secondary N) is 1. The van der Waals surface area contributed by atoms with E-state index < -0.39 is 0 Å². The van der Waals surface area contributed by atoms with Crippen LogP contribution in [-0.2, 0) is 16.0 Å². The van der Waals surface area contributed by atoms with Gasteiger partial charge in [0, 0.05) is 24.4 Å². The Labute approximate surface area is 111 Å². The van der Waals surface area contributed by atoms with Crippen molar-refractivity contribution in [3.05, 3.63) is 34.9 Å². The summed E-state index contributed by atoms with van der Waals surface area (Å²) < 4.78 is 0. The third-order valence-corrected chi connectivity index (χ3v) is 3.27. The molecule has 0 unspecified atom stereocenters. The highest BCUT2D eigenvalue weighted by Gasteiger charge is 2.25. The van der Waals surface area contributed by atoms with Crippen LogP contribution >= 0.6 is 11.6 Å². The number of halogens is 1. The molecule has 0 spiro atoms. The number of carbonyl (C=O) groups excluding carboxylic acids is 2. The summed E-state index contributed by atoms with van der Waals surface area (Å²) in [7, 11) is 0. The topological polar surface area (TPSA) is 49.4 Å². The van der Waals surface area contributed by atoms with Crippen LogP contribution in [0.1, 0.15) is 24.8 Å². The zero-order valence-electron chi connectivity index (χ0n) is 9.99. The van der Waals surface area contributed by atoms with Crippen LogP contribution in [0, 0.1) is 0 Å². The summed E-state index contributed by atoms with van der Waals surface area (Å²) >= 11 is 6.03. The highest BCUT2D eigenvalue weighted by atomic mass is 35.5. The molecule has 0 aliphatic carbocycles. The first kappa shape index (κ1) is 13.1. The Morgan fingerprint density at radius 1 is 1.17 bits per heavy atom. The minimum atomic E-state index is -0.148. The van der Waals surface area contributed by atoms with Gasteiger partial charge in [0.1, 0.15) is 0 Å². The molecule has 0 saturated carbocycles. The van der Waals surface area contributed by atoms with E-state index >= 15 is 0 Å². The minimum absolute atomic E-state index is 0.148. The van der Waals surface area contributed by atoms with E-state index in [1.165, 1.54) is 0 Å². The van der Waals surface area contributed by atoms with E-state index in [9.17, 15) is 9.59 Å². The molecule has 1 aromatic rings. The highest BCUT2D eigenvalue weighted by Crippen LogP contribution is 2.15. The van der Waals surface area contributed by atoms with Gasteiger partial charge in [-0.15, -0.1) is 0 Å². The summed E-state index contributed by atoms with van der Waals surface area (Å²) in [6.07, 6.45) is 2.20. The molecule has 1 saturated heterocycles. The summed E-state index contributed by atoms with van der Waals surface area (Å²) in [6, 6.07) is 7.55. The Morgan fingerprint density at radius 3 is 2.50 bits per heavy atom. The second-order valence-electron chi connectivity index (χ2n) is 4.23. The molecule has 2 rings (SSSR count). The zero-order valence-corrected chi connectivity index (χ0v) is 10.7. The Bertz CT molecular complexity index is 446. The second kappa shape index (κ2) is 5.98. The van der Waals surface area contributed by atoms with E-state index in [0.717, 1.165) is 10.6 Å². The average molecular weight is 267 g/mol. The fourth-order valence-electron chi connectivity index (χ4n) is 1.93. The maximum Gasteiger partial charge on any atom is 0.243 e. The third-order valence-electron chi connectivity index (χ3n) is 2.90. The van der Waals surface area contributed by atoms with Crippen molar-refractivity contribution >= 4 is 23.4 Å². The summed E-state index contributed by atoms with van der Waals surface area (Å²) in [4.78, 5) is 23.1. The van der Waals surface area contributed by atoms with Crippen molar-refractivity contribution < 1.29 is 9.59 Å². The van der Waals surface area contributed by atoms with E-state index in [0.29, 0.717) is 37.3 Å². The first-order chi connectivity index (χ1) is 8.68. The predicted octanol–water partition coefficient (Wildman–Crippen LogP) is 1.93. The number of hydrazine groups is 1. The normalized spacial score (nSPS) is 16.2. The van der Waals surface area contributed by atoms with Crippen molar-refractivity contribution in [3.8, 4) is 0 Å². The number of rotatable bonds is 4. The fourth-order valence-corrected chi connectivity index (χ4v) is 2.16. The molecule has 2 amide bonds. The minimum Gasteiger partial charge on any atom is -0.273 e. The second-order valence-corrected chi connectivity index (χ2v) is 4.63. The van der Waals surface area contributed by atoms with Gasteiger partial charge >= 0.3 is 0 Å². The summed E-state index contributed by atoms with van der Waals surface area (Å²) in [5.41, 5.74) is 3.88. The maximum atomic E-state index is 11.5. The number of imide groups is 1. The first-order valence-electron chi connectivity index (χ1n) is 6.01. The van der Waals surface area contributed by atoms with Crippen molar-refractivity contribution in [2.45, 2.75) is 25.7 Å². The van der Waals surface area contributed by atoms with Gasteiger partial charge in [0.05, 0.1) is 0 Å². The number of amides is 2. The molecule has 0 aromatic heterocycles. The smallest absolute Gasteiger partial charge is 0.243 e. The van der Waals surface area contributed by atoms with Crippen molar-refractivity contribution in [3.63, 3.8) is 0 Å². The van der Waals surface area contributed by atoms with E-state index in [-0.39, 0.29) is 11.8 Å². The van der Waals surface area contributed by atoms with Crippen molar-refractivity contribution in [1.29, 1.82) is 0 Å². The molecular formula is C13H15ClN2O2. The Morgan fingerprint density at radius 2 is 1.83 bits per heavy atom. The van der Waals surface area contributed by atoms with Gasteiger partial charge in [0.15, 0.2) is 0 Å². The lowest BCUT2D eigenvalue weighted by Gasteiger charge is -2.25. The molecule has 1 aliphatic heterocycles. The Balaban J connectivity index is 1.87.